The van der Waals surface area contributed by atoms with Crippen molar-refractivity contribution in [2.45, 2.75) is 234 Å². The van der Waals surface area contributed by atoms with E-state index >= 15 is 0 Å². The largest absolute Gasteiger partial charge is 0.375 e. The molecular formula is C38H78O. The molecule has 0 saturated carbocycles. The van der Waals surface area contributed by atoms with E-state index in [1.54, 1.807) is 0 Å². The monoisotopic (exact) mass is 551 g/mol. The molecule has 0 bridgehead atoms. The van der Waals surface area contributed by atoms with E-state index in [9.17, 15) is 0 Å². The van der Waals surface area contributed by atoms with E-state index < -0.39 is 0 Å². The zero-order chi connectivity index (χ0) is 28.8. The summed E-state index contributed by atoms with van der Waals surface area (Å²) in [6.45, 7) is 14.1. The summed E-state index contributed by atoms with van der Waals surface area (Å²) in [5.41, 5.74) is 0. The molecule has 0 rings (SSSR count). The van der Waals surface area contributed by atoms with Gasteiger partial charge in [0.25, 0.3) is 0 Å². The first kappa shape index (κ1) is 39.0. The third kappa shape index (κ3) is 30.7. The minimum absolute atomic E-state index is 0.496. The smallest absolute Gasteiger partial charge is 0.0579 e. The van der Waals surface area contributed by atoms with Crippen molar-refractivity contribution < 1.29 is 4.74 Å². The van der Waals surface area contributed by atoms with Crippen LogP contribution in [-0.2, 0) is 4.74 Å². The SMILES string of the molecule is CCCCCCCCCCCCCC(CCC(C)C)OC(CCCCCCCCCCCCC)CCC(C)C. The molecule has 0 aliphatic rings. The zero-order valence-electron chi connectivity index (χ0n) is 28.5. The fraction of sp³-hybridized carbons (Fsp3) is 1.00. The minimum atomic E-state index is 0.496. The van der Waals surface area contributed by atoms with Gasteiger partial charge >= 0.3 is 0 Å². The molecule has 2 unspecified atom stereocenters. The van der Waals surface area contributed by atoms with E-state index in [0.29, 0.717) is 12.2 Å². The van der Waals surface area contributed by atoms with Crippen LogP contribution in [0.1, 0.15) is 221 Å². The third-order valence-electron chi connectivity index (χ3n) is 8.78. The molecule has 0 fully saturated rings. The highest BCUT2D eigenvalue weighted by molar-refractivity contribution is 4.68. The summed E-state index contributed by atoms with van der Waals surface area (Å²) in [6, 6.07) is 0. The van der Waals surface area contributed by atoms with E-state index in [-0.39, 0.29) is 0 Å². The molecule has 0 radical (unpaired) electrons. The van der Waals surface area contributed by atoms with Gasteiger partial charge in [0.05, 0.1) is 12.2 Å². The Bertz CT molecular complexity index is 402. The van der Waals surface area contributed by atoms with Crippen LogP contribution in [0.5, 0.6) is 0 Å². The summed E-state index contributed by atoms with van der Waals surface area (Å²) in [5, 5.41) is 0. The van der Waals surface area contributed by atoms with E-state index in [4.69, 9.17) is 4.74 Å². The molecule has 0 aromatic carbocycles. The van der Waals surface area contributed by atoms with Gasteiger partial charge in [-0.1, -0.05) is 183 Å². The van der Waals surface area contributed by atoms with Gasteiger partial charge in [-0.15, -0.1) is 0 Å². The Morgan fingerprint density at radius 3 is 0.821 bits per heavy atom. The first-order valence-corrected chi connectivity index (χ1v) is 18.6. The second kappa shape index (κ2) is 30.9. The lowest BCUT2D eigenvalue weighted by Crippen LogP contribution is -2.23. The second-order valence-electron chi connectivity index (χ2n) is 14.0. The van der Waals surface area contributed by atoms with Gasteiger partial charge in [0.15, 0.2) is 0 Å². The highest BCUT2D eigenvalue weighted by atomic mass is 16.5. The van der Waals surface area contributed by atoms with E-state index in [0.717, 1.165) is 11.8 Å². The van der Waals surface area contributed by atoms with Gasteiger partial charge in [-0.05, 0) is 50.4 Å². The van der Waals surface area contributed by atoms with Crippen molar-refractivity contribution >= 4 is 0 Å². The van der Waals surface area contributed by atoms with Crippen molar-refractivity contribution in [2.75, 3.05) is 0 Å². The van der Waals surface area contributed by atoms with Crippen molar-refractivity contribution in [3.05, 3.63) is 0 Å². The molecule has 0 aliphatic carbocycles. The Balaban J connectivity index is 4.25. The lowest BCUT2D eigenvalue weighted by Gasteiger charge is -2.26. The molecule has 39 heavy (non-hydrogen) atoms. The lowest BCUT2D eigenvalue weighted by atomic mass is 9.97. The minimum Gasteiger partial charge on any atom is -0.375 e. The molecule has 0 aliphatic heterocycles. The highest BCUT2D eigenvalue weighted by Crippen LogP contribution is 2.24. The van der Waals surface area contributed by atoms with Crippen molar-refractivity contribution in [3.8, 4) is 0 Å². The number of hydrogen-bond donors (Lipinski definition) is 0. The van der Waals surface area contributed by atoms with Gasteiger partial charge < -0.3 is 4.74 Å². The maximum Gasteiger partial charge on any atom is 0.0579 e. The quantitative estimate of drug-likeness (QED) is 0.0757. The van der Waals surface area contributed by atoms with Gasteiger partial charge in [-0.25, -0.2) is 0 Å². The van der Waals surface area contributed by atoms with Gasteiger partial charge in [0.1, 0.15) is 0 Å². The molecule has 1 nitrogen and oxygen atoms in total. The fourth-order valence-electron chi connectivity index (χ4n) is 5.94. The molecule has 0 heterocycles. The molecule has 0 aromatic rings. The second-order valence-corrected chi connectivity index (χ2v) is 14.0. The summed E-state index contributed by atoms with van der Waals surface area (Å²) in [4.78, 5) is 0. The number of unbranched alkanes of at least 4 members (excludes halogenated alkanes) is 20. The standard InChI is InChI=1S/C38H78O/c1-7-9-11-13-15-17-19-21-23-25-27-29-37(33-31-35(3)4)39-38(34-32-36(5)6)30-28-26-24-22-20-18-16-14-12-10-8-2/h35-38H,7-34H2,1-6H3. The van der Waals surface area contributed by atoms with E-state index in [2.05, 4.69) is 41.5 Å². The maximum absolute atomic E-state index is 6.94. The molecule has 236 valence electrons. The molecule has 0 aromatic heterocycles. The molecule has 0 spiro atoms. The van der Waals surface area contributed by atoms with Gasteiger partial charge in [0, 0.05) is 0 Å². The van der Waals surface area contributed by atoms with Crippen LogP contribution >= 0.6 is 0 Å². The number of ether oxygens (including phenoxy) is 1. The maximum atomic E-state index is 6.94. The molecule has 0 N–H and O–H groups in total. The van der Waals surface area contributed by atoms with Crippen LogP contribution in [0.25, 0.3) is 0 Å². The summed E-state index contributed by atoms with van der Waals surface area (Å²) in [7, 11) is 0. The Morgan fingerprint density at radius 2 is 0.564 bits per heavy atom. The average Bonchev–Trinajstić information content (AvgIpc) is 2.91. The van der Waals surface area contributed by atoms with Crippen LogP contribution < -0.4 is 0 Å². The summed E-state index contributed by atoms with van der Waals surface area (Å²) >= 11 is 0. The first-order chi connectivity index (χ1) is 19.0. The molecule has 0 saturated heterocycles. The predicted molar refractivity (Wildman–Crippen MR) is 179 cm³/mol. The van der Waals surface area contributed by atoms with Crippen LogP contribution in [0.2, 0.25) is 0 Å². The molecule has 1 heteroatoms. The van der Waals surface area contributed by atoms with Crippen LogP contribution in [-0.4, -0.2) is 12.2 Å². The lowest BCUT2D eigenvalue weighted by molar-refractivity contribution is -0.0345. The normalized spacial score (nSPS) is 13.5. The molecule has 0 amide bonds. The summed E-state index contributed by atoms with van der Waals surface area (Å²) in [6.07, 6.45) is 40.2. The van der Waals surface area contributed by atoms with Crippen LogP contribution in [0.15, 0.2) is 0 Å². The van der Waals surface area contributed by atoms with Crippen molar-refractivity contribution in [3.63, 3.8) is 0 Å². The fourth-order valence-corrected chi connectivity index (χ4v) is 5.94. The van der Waals surface area contributed by atoms with Crippen LogP contribution in [0.4, 0.5) is 0 Å². The van der Waals surface area contributed by atoms with Gasteiger partial charge in [-0.2, -0.15) is 0 Å². The Hall–Kier alpha value is -0.0400. The molecule has 2 atom stereocenters. The van der Waals surface area contributed by atoms with Gasteiger partial charge in [-0.3, -0.25) is 0 Å². The summed E-state index contributed by atoms with van der Waals surface area (Å²) < 4.78 is 6.94. The number of rotatable bonds is 32. The van der Waals surface area contributed by atoms with E-state index in [1.165, 1.54) is 180 Å². The number of hydrogen-bond acceptors (Lipinski definition) is 1. The van der Waals surface area contributed by atoms with Crippen molar-refractivity contribution in [1.82, 2.24) is 0 Å². The Morgan fingerprint density at radius 1 is 0.308 bits per heavy atom. The Kier molecular flexibility index (Phi) is 30.9. The predicted octanol–water partition coefficient (Wildman–Crippen LogP) is 14.0. The Labute approximate surface area is 249 Å². The van der Waals surface area contributed by atoms with E-state index in [1.807, 2.05) is 0 Å². The van der Waals surface area contributed by atoms with Crippen molar-refractivity contribution in [1.29, 1.82) is 0 Å². The van der Waals surface area contributed by atoms with Gasteiger partial charge in [0.2, 0.25) is 0 Å². The zero-order valence-corrected chi connectivity index (χ0v) is 28.5. The highest BCUT2D eigenvalue weighted by Gasteiger charge is 2.18. The molecular weight excluding hydrogens is 472 g/mol. The van der Waals surface area contributed by atoms with Crippen LogP contribution in [0.3, 0.4) is 0 Å². The third-order valence-corrected chi connectivity index (χ3v) is 8.78. The van der Waals surface area contributed by atoms with Crippen molar-refractivity contribution in [2.24, 2.45) is 11.8 Å². The van der Waals surface area contributed by atoms with Crippen LogP contribution in [0, 0.1) is 11.8 Å². The average molecular weight is 551 g/mol. The topological polar surface area (TPSA) is 9.23 Å². The summed E-state index contributed by atoms with van der Waals surface area (Å²) in [5.74, 6) is 1.57. The first-order valence-electron chi connectivity index (χ1n) is 18.6.